The zero-order valence-electron chi connectivity index (χ0n) is 8.08. The van der Waals surface area contributed by atoms with E-state index in [1.807, 2.05) is 0 Å². The molecule has 0 amide bonds. The molecular weight excluding hydrogens is 229 g/mol. The predicted molar refractivity (Wildman–Crippen MR) is 46.2 cm³/mol. The van der Waals surface area contributed by atoms with Crippen LogP contribution in [0.1, 0.15) is 0 Å². The normalized spacial score (nSPS) is 10.8. The number of methoxy groups -OCH3 is 1. The first-order chi connectivity index (χ1) is 7.40. The van der Waals surface area contributed by atoms with Gasteiger partial charge < -0.3 is 14.2 Å². The first-order valence-electron chi connectivity index (χ1n) is 4.02. The van der Waals surface area contributed by atoms with Crippen molar-refractivity contribution >= 4 is 6.16 Å². The summed E-state index contributed by atoms with van der Waals surface area (Å²) in [5.41, 5.74) is 0. The molecule has 0 aliphatic heterocycles. The van der Waals surface area contributed by atoms with Gasteiger partial charge in [0.2, 0.25) is 0 Å². The Hall–Kier alpha value is -1.92. The molecule has 1 aromatic rings. The van der Waals surface area contributed by atoms with Crippen molar-refractivity contribution in [1.29, 1.82) is 0 Å². The van der Waals surface area contributed by atoms with E-state index in [0.29, 0.717) is 0 Å². The minimum absolute atomic E-state index is 0.0568. The number of rotatable bonds is 2. The predicted octanol–water partition coefficient (Wildman–Crippen LogP) is 2.73. The maximum Gasteiger partial charge on any atom is 0.573 e. The second-order valence-corrected chi connectivity index (χ2v) is 2.58. The summed E-state index contributed by atoms with van der Waals surface area (Å²) in [6, 6.07) is 4.34. The summed E-state index contributed by atoms with van der Waals surface area (Å²) in [7, 11) is 1.11. The van der Waals surface area contributed by atoms with E-state index in [1.54, 1.807) is 0 Å². The van der Waals surface area contributed by atoms with Gasteiger partial charge in [0.25, 0.3) is 0 Å². The Balaban J connectivity index is 2.64. The lowest BCUT2D eigenvalue weighted by Gasteiger charge is -2.09. The van der Waals surface area contributed by atoms with E-state index in [-0.39, 0.29) is 5.75 Å². The molecule has 0 N–H and O–H groups in total. The molecule has 1 rings (SSSR count). The second kappa shape index (κ2) is 4.73. The van der Waals surface area contributed by atoms with Crippen LogP contribution in [0.5, 0.6) is 11.5 Å². The van der Waals surface area contributed by atoms with Crippen molar-refractivity contribution in [2.75, 3.05) is 7.11 Å². The highest BCUT2D eigenvalue weighted by molar-refractivity contribution is 5.63. The molecule has 0 spiro atoms. The smallest absolute Gasteiger partial charge is 0.437 e. The van der Waals surface area contributed by atoms with Crippen LogP contribution in [0.3, 0.4) is 0 Å². The van der Waals surface area contributed by atoms with Crippen molar-refractivity contribution in [1.82, 2.24) is 0 Å². The molecule has 16 heavy (non-hydrogen) atoms. The quantitative estimate of drug-likeness (QED) is 0.585. The topological polar surface area (TPSA) is 44.8 Å². The lowest BCUT2D eigenvalue weighted by Crippen LogP contribution is -2.17. The Bertz CT molecular complexity index is 358. The highest BCUT2D eigenvalue weighted by atomic mass is 19.4. The first kappa shape index (κ1) is 12.2. The molecule has 0 heterocycles. The van der Waals surface area contributed by atoms with Crippen LogP contribution in [-0.4, -0.2) is 19.6 Å². The Labute approximate surface area is 88.5 Å². The van der Waals surface area contributed by atoms with Gasteiger partial charge >= 0.3 is 12.5 Å². The van der Waals surface area contributed by atoms with Crippen molar-refractivity contribution in [2.24, 2.45) is 0 Å². The van der Waals surface area contributed by atoms with Crippen LogP contribution in [0.4, 0.5) is 18.0 Å². The largest absolute Gasteiger partial charge is 0.573 e. The fourth-order valence-corrected chi connectivity index (χ4v) is 0.847. The minimum Gasteiger partial charge on any atom is -0.437 e. The minimum atomic E-state index is -4.75. The molecule has 0 aliphatic rings. The van der Waals surface area contributed by atoms with E-state index in [4.69, 9.17) is 0 Å². The average Bonchev–Trinajstić information content (AvgIpc) is 2.18. The van der Waals surface area contributed by atoms with Gasteiger partial charge in [-0.15, -0.1) is 13.2 Å². The van der Waals surface area contributed by atoms with Gasteiger partial charge in [-0.25, -0.2) is 4.79 Å². The molecule has 0 saturated carbocycles. The summed E-state index contributed by atoms with van der Waals surface area (Å²) in [5.74, 6) is -0.342. The second-order valence-electron chi connectivity index (χ2n) is 2.58. The monoisotopic (exact) mass is 236 g/mol. The van der Waals surface area contributed by atoms with Gasteiger partial charge in [-0.3, -0.25) is 0 Å². The molecular formula is C9H7F3O4. The third kappa shape index (κ3) is 4.07. The molecule has 88 valence electrons. The number of carbonyl (C=O) groups is 1. The van der Waals surface area contributed by atoms with Gasteiger partial charge in [0, 0.05) is 0 Å². The van der Waals surface area contributed by atoms with Gasteiger partial charge in [0.05, 0.1) is 7.11 Å². The number of benzene rings is 1. The van der Waals surface area contributed by atoms with Crippen molar-refractivity contribution in [2.45, 2.75) is 6.36 Å². The molecule has 0 aromatic heterocycles. The molecule has 0 aliphatic carbocycles. The molecule has 0 bridgehead atoms. The highest BCUT2D eigenvalue weighted by Crippen LogP contribution is 2.24. The van der Waals surface area contributed by atoms with Crippen molar-refractivity contribution < 1.29 is 32.2 Å². The zero-order valence-corrected chi connectivity index (χ0v) is 8.08. The third-order valence-electron chi connectivity index (χ3n) is 1.43. The van der Waals surface area contributed by atoms with Crippen LogP contribution in [0.2, 0.25) is 0 Å². The van der Waals surface area contributed by atoms with Gasteiger partial charge in [0.1, 0.15) is 11.5 Å². The van der Waals surface area contributed by atoms with E-state index in [2.05, 4.69) is 14.2 Å². The number of hydrogen-bond donors (Lipinski definition) is 0. The van der Waals surface area contributed by atoms with Crippen molar-refractivity contribution in [3.05, 3.63) is 24.3 Å². The highest BCUT2D eigenvalue weighted by Gasteiger charge is 2.30. The maximum atomic E-state index is 11.8. The van der Waals surface area contributed by atoms with Crippen LogP contribution in [0.25, 0.3) is 0 Å². The fourth-order valence-electron chi connectivity index (χ4n) is 0.847. The van der Waals surface area contributed by atoms with Crippen LogP contribution in [0, 0.1) is 0 Å². The van der Waals surface area contributed by atoms with E-state index in [1.165, 1.54) is 0 Å². The van der Waals surface area contributed by atoms with Gasteiger partial charge in [-0.1, -0.05) is 0 Å². The number of ether oxygens (including phenoxy) is 3. The average molecular weight is 236 g/mol. The van der Waals surface area contributed by atoms with Gasteiger partial charge in [0.15, 0.2) is 0 Å². The summed E-state index contributed by atoms with van der Waals surface area (Å²) in [4.78, 5) is 10.6. The molecule has 7 heteroatoms. The number of hydrogen-bond acceptors (Lipinski definition) is 4. The van der Waals surface area contributed by atoms with Gasteiger partial charge in [-0.2, -0.15) is 0 Å². The molecule has 0 atom stereocenters. The van der Waals surface area contributed by atoms with E-state index in [0.717, 1.165) is 31.4 Å². The summed E-state index contributed by atoms with van der Waals surface area (Å²) in [6.45, 7) is 0. The summed E-state index contributed by atoms with van der Waals surface area (Å²) < 4.78 is 47.7. The zero-order chi connectivity index (χ0) is 12.2. The van der Waals surface area contributed by atoms with Gasteiger partial charge in [-0.05, 0) is 24.3 Å². The van der Waals surface area contributed by atoms with Crippen LogP contribution in [-0.2, 0) is 4.74 Å². The molecule has 0 unspecified atom stereocenters. The van der Waals surface area contributed by atoms with Crippen molar-refractivity contribution in [3.63, 3.8) is 0 Å². The molecule has 0 saturated heterocycles. The van der Waals surface area contributed by atoms with E-state index < -0.39 is 18.3 Å². The Morgan fingerprint density at radius 1 is 1.12 bits per heavy atom. The summed E-state index contributed by atoms with van der Waals surface area (Å²) in [5, 5.41) is 0. The van der Waals surface area contributed by atoms with Crippen molar-refractivity contribution in [3.8, 4) is 11.5 Å². The Kier molecular flexibility index (Phi) is 3.60. The molecule has 1 aromatic carbocycles. The van der Waals surface area contributed by atoms with Crippen LogP contribution in [0.15, 0.2) is 24.3 Å². The standard InChI is InChI=1S/C9H7F3O4/c1-14-8(13)15-6-2-4-7(5-3-6)16-9(10,11)12/h2-5H,1H3. The number of halogens is 3. The fraction of sp³-hybridized carbons (Fsp3) is 0.222. The van der Waals surface area contributed by atoms with Crippen LogP contribution < -0.4 is 9.47 Å². The summed E-state index contributed by atoms with van der Waals surface area (Å²) >= 11 is 0. The lowest BCUT2D eigenvalue weighted by atomic mass is 10.3. The molecule has 0 radical (unpaired) electrons. The number of alkyl halides is 3. The molecule has 0 fully saturated rings. The first-order valence-corrected chi connectivity index (χ1v) is 4.02. The SMILES string of the molecule is COC(=O)Oc1ccc(OC(F)(F)F)cc1. The Morgan fingerprint density at radius 2 is 1.62 bits per heavy atom. The summed E-state index contributed by atoms with van der Waals surface area (Å²) in [6.07, 6.45) is -5.70. The lowest BCUT2D eigenvalue weighted by molar-refractivity contribution is -0.274. The third-order valence-corrected chi connectivity index (χ3v) is 1.43. The Morgan fingerprint density at radius 3 is 2.06 bits per heavy atom. The number of carbonyl (C=O) groups excluding carboxylic acids is 1. The van der Waals surface area contributed by atoms with Crippen LogP contribution >= 0.6 is 0 Å². The maximum absolute atomic E-state index is 11.8. The molecule has 4 nitrogen and oxygen atoms in total. The van der Waals surface area contributed by atoms with E-state index in [9.17, 15) is 18.0 Å². The van der Waals surface area contributed by atoms with E-state index >= 15 is 0 Å².